The molecule has 15 heavy (non-hydrogen) atoms. The smallest absolute Gasteiger partial charge is 0.0673 e. The lowest BCUT2D eigenvalue weighted by Crippen LogP contribution is -2.25. The number of hydrogen-bond acceptors (Lipinski definition) is 4. The standard InChI is InChI=1S/C11H20N4/c1-4-11-10(7-9(2)14-15-11)8-13-6-5-12-3/h7,12-13H,4-6,8H2,1-3H3. The maximum atomic E-state index is 4.19. The fraction of sp³-hybridized carbons (Fsp3) is 0.636. The minimum absolute atomic E-state index is 0.876. The van der Waals surface area contributed by atoms with Crippen molar-refractivity contribution in [3.05, 3.63) is 23.0 Å². The van der Waals surface area contributed by atoms with Gasteiger partial charge < -0.3 is 10.6 Å². The third kappa shape index (κ3) is 3.93. The lowest BCUT2D eigenvalue weighted by Gasteiger charge is -2.08. The van der Waals surface area contributed by atoms with Gasteiger partial charge in [0.1, 0.15) is 0 Å². The van der Waals surface area contributed by atoms with Gasteiger partial charge in [0.2, 0.25) is 0 Å². The first-order valence-electron chi connectivity index (χ1n) is 5.45. The summed E-state index contributed by atoms with van der Waals surface area (Å²) in [5, 5.41) is 14.7. The Hall–Kier alpha value is -1.00. The van der Waals surface area contributed by atoms with E-state index in [4.69, 9.17) is 0 Å². The molecule has 0 unspecified atom stereocenters. The van der Waals surface area contributed by atoms with Gasteiger partial charge in [0, 0.05) is 19.6 Å². The summed E-state index contributed by atoms with van der Waals surface area (Å²) >= 11 is 0. The van der Waals surface area contributed by atoms with Crippen LogP contribution < -0.4 is 10.6 Å². The number of nitrogens with one attached hydrogen (secondary N) is 2. The number of nitrogens with zero attached hydrogens (tertiary/aromatic N) is 2. The molecule has 4 heteroatoms. The van der Waals surface area contributed by atoms with Crippen LogP contribution in [-0.2, 0) is 13.0 Å². The van der Waals surface area contributed by atoms with Gasteiger partial charge in [-0.15, -0.1) is 0 Å². The lowest BCUT2D eigenvalue weighted by atomic mass is 10.1. The van der Waals surface area contributed by atoms with Crippen molar-refractivity contribution in [1.82, 2.24) is 20.8 Å². The van der Waals surface area contributed by atoms with Gasteiger partial charge >= 0.3 is 0 Å². The van der Waals surface area contributed by atoms with E-state index in [0.29, 0.717) is 0 Å². The molecule has 0 aliphatic rings. The Morgan fingerprint density at radius 2 is 2.07 bits per heavy atom. The van der Waals surface area contributed by atoms with Gasteiger partial charge in [-0.3, -0.25) is 0 Å². The highest BCUT2D eigenvalue weighted by Gasteiger charge is 2.02. The highest BCUT2D eigenvalue weighted by molar-refractivity contribution is 5.20. The van der Waals surface area contributed by atoms with E-state index < -0.39 is 0 Å². The van der Waals surface area contributed by atoms with E-state index in [1.54, 1.807) is 0 Å². The minimum atomic E-state index is 0.876. The molecule has 0 saturated carbocycles. The zero-order chi connectivity index (χ0) is 11.1. The van der Waals surface area contributed by atoms with Crippen LogP contribution in [0.3, 0.4) is 0 Å². The Morgan fingerprint density at radius 3 is 2.73 bits per heavy atom. The molecular formula is C11H20N4. The van der Waals surface area contributed by atoms with Gasteiger partial charge in [0.15, 0.2) is 0 Å². The van der Waals surface area contributed by atoms with Crippen molar-refractivity contribution in [1.29, 1.82) is 0 Å². The average molecular weight is 208 g/mol. The maximum absolute atomic E-state index is 4.19. The minimum Gasteiger partial charge on any atom is -0.318 e. The van der Waals surface area contributed by atoms with Crippen LogP contribution in [0.2, 0.25) is 0 Å². The zero-order valence-electron chi connectivity index (χ0n) is 9.80. The predicted octanol–water partition coefficient (Wildman–Crippen LogP) is 0.656. The second kappa shape index (κ2) is 6.48. The van der Waals surface area contributed by atoms with Crippen molar-refractivity contribution in [3.63, 3.8) is 0 Å². The SMILES string of the molecule is CCc1nnc(C)cc1CNCCNC. The first-order chi connectivity index (χ1) is 7.27. The average Bonchev–Trinajstić information content (AvgIpc) is 2.25. The summed E-state index contributed by atoms with van der Waals surface area (Å²) in [6.45, 7) is 6.92. The Kier molecular flexibility index (Phi) is 5.21. The van der Waals surface area contributed by atoms with Crippen LogP contribution >= 0.6 is 0 Å². The van der Waals surface area contributed by atoms with E-state index in [2.05, 4.69) is 33.8 Å². The van der Waals surface area contributed by atoms with E-state index in [-0.39, 0.29) is 0 Å². The van der Waals surface area contributed by atoms with Gasteiger partial charge in [-0.1, -0.05) is 6.92 Å². The number of likely N-dealkylation sites (N-methyl/N-ethyl adjacent to an activating group) is 1. The summed E-state index contributed by atoms with van der Waals surface area (Å²) in [6, 6.07) is 2.11. The maximum Gasteiger partial charge on any atom is 0.0673 e. The molecular weight excluding hydrogens is 188 g/mol. The summed E-state index contributed by atoms with van der Waals surface area (Å²) in [7, 11) is 1.96. The molecule has 0 saturated heterocycles. The van der Waals surface area contributed by atoms with Crippen molar-refractivity contribution in [2.75, 3.05) is 20.1 Å². The second-order valence-electron chi connectivity index (χ2n) is 3.59. The monoisotopic (exact) mass is 208 g/mol. The van der Waals surface area contributed by atoms with Crippen LogP contribution in [-0.4, -0.2) is 30.3 Å². The van der Waals surface area contributed by atoms with Crippen LogP contribution in [0.1, 0.15) is 23.9 Å². The summed E-state index contributed by atoms with van der Waals surface area (Å²) in [4.78, 5) is 0. The van der Waals surface area contributed by atoms with E-state index in [9.17, 15) is 0 Å². The number of aromatic nitrogens is 2. The molecule has 0 amide bonds. The van der Waals surface area contributed by atoms with Crippen LogP contribution in [0.5, 0.6) is 0 Å². The molecule has 0 fully saturated rings. The van der Waals surface area contributed by atoms with Crippen molar-refractivity contribution >= 4 is 0 Å². The molecule has 1 aromatic heterocycles. The number of rotatable bonds is 6. The molecule has 1 rings (SSSR count). The number of hydrogen-bond donors (Lipinski definition) is 2. The Bertz CT molecular complexity index is 299. The molecule has 1 heterocycles. The summed E-state index contributed by atoms with van der Waals surface area (Å²) < 4.78 is 0. The van der Waals surface area contributed by atoms with Crippen LogP contribution in [0.15, 0.2) is 6.07 Å². The second-order valence-corrected chi connectivity index (χ2v) is 3.59. The van der Waals surface area contributed by atoms with Crippen molar-refractivity contribution in [2.24, 2.45) is 0 Å². The highest BCUT2D eigenvalue weighted by Crippen LogP contribution is 2.06. The topological polar surface area (TPSA) is 49.8 Å². The zero-order valence-corrected chi connectivity index (χ0v) is 9.80. The highest BCUT2D eigenvalue weighted by atomic mass is 15.1. The molecule has 0 bridgehead atoms. The van der Waals surface area contributed by atoms with Gasteiger partial charge in [0.25, 0.3) is 0 Å². The fourth-order valence-electron chi connectivity index (χ4n) is 1.46. The molecule has 4 nitrogen and oxygen atoms in total. The molecule has 0 aliphatic carbocycles. The molecule has 0 aromatic carbocycles. The quantitative estimate of drug-likeness (QED) is 0.674. The number of aryl methyl sites for hydroxylation is 2. The third-order valence-corrected chi connectivity index (χ3v) is 2.28. The summed E-state index contributed by atoms with van der Waals surface area (Å²) in [6.07, 6.45) is 0.941. The fourth-order valence-corrected chi connectivity index (χ4v) is 1.46. The van der Waals surface area contributed by atoms with E-state index >= 15 is 0 Å². The van der Waals surface area contributed by atoms with Crippen molar-refractivity contribution in [3.8, 4) is 0 Å². The van der Waals surface area contributed by atoms with Gasteiger partial charge in [0.05, 0.1) is 11.4 Å². The van der Waals surface area contributed by atoms with Crippen LogP contribution in [0.4, 0.5) is 0 Å². The molecule has 0 spiro atoms. The first-order valence-corrected chi connectivity index (χ1v) is 5.45. The van der Waals surface area contributed by atoms with Crippen molar-refractivity contribution in [2.45, 2.75) is 26.8 Å². The molecule has 2 N–H and O–H groups in total. The van der Waals surface area contributed by atoms with Gasteiger partial charge in [-0.25, -0.2) is 0 Å². The van der Waals surface area contributed by atoms with Crippen molar-refractivity contribution < 1.29 is 0 Å². The third-order valence-electron chi connectivity index (χ3n) is 2.28. The Labute approximate surface area is 91.5 Å². The molecule has 1 aromatic rings. The molecule has 0 aliphatic heterocycles. The van der Waals surface area contributed by atoms with Crippen LogP contribution in [0.25, 0.3) is 0 Å². The Balaban J connectivity index is 2.54. The predicted molar refractivity (Wildman–Crippen MR) is 61.8 cm³/mol. The van der Waals surface area contributed by atoms with Crippen LogP contribution in [0, 0.1) is 6.92 Å². The van der Waals surface area contributed by atoms with E-state index in [0.717, 1.165) is 37.4 Å². The summed E-state index contributed by atoms with van der Waals surface area (Å²) in [5.74, 6) is 0. The van der Waals surface area contributed by atoms with Gasteiger partial charge in [-0.05, 0) is 32.0 Å². The largest absolute Gasteiger partial charge is 0.318 e. The van der Waals surface area contributed by atoms with Gasteiger partial charge in [-0.2, -0.15) is 10.2 Å². The molecule has 0 atom stereocenters. The lowest BCUT2D eigenvalue weighted by molar-refractivity contribution is 0.642. The molecule has 0 radical (unpaired) electrons. The van der Waals surface area contributed by atoms with E-state index in [1.807, 2.05) is 14.0 Å². The first kappa shape index (κ1) is 12.1. The normalized spacial score (nSPS) is 10.6. The van der Waals surface area contributed by atoms with E-state index in [1.165, 1.54) is 5.56 Å². The Morgan fingerprint density at radius 1 is 1.27 bits per heavy atom. The summed E-state index contributed by atoms with van der Waals surface area (Å²) in [5.41, 5.74) is 3.34. The molecule has 84 valence electrons.